The zero-order chi connectivity index (χ0) is 18.6. The molecule has 3 aliphatic rings. The van der Waals surface area contributed by atoms with E-state index in [9.17, 15) is 0 Å². The van der Waals surface area contributed by atoms with Crippen LogP contribution in [0.1, 0.15) is 49.7 Å². The number of hydrogen-bond donors (Lipinski definition) is 2. The van der Waals surface area contributed by atoms with Gasteiger partial charge in [0.05, 0.1) is 0 Å². The highest BCUT2D eigenvalue weighted by atomic mass is 14.6. The number of rotatable bonds is 4. The van der Waals surface area contributed by atoms with Gasteiger partial charge >= 0.3 is 0 Å². The van der Waals surface area contributed by atoms with Gasteiger partial charge in [0, 0.05) is 12.2 Å². The molecule has 1 aromatic carbocycles. The van der Waals surface area contributed by atoms with E-state index >= 15 is 0 Å². The van der Waals surface area contributed by atoms with Gasteiger partial charge in [-0.1, -0.05) is 48.6 Å². The van der Waals surface area contributed by atoms with Crippen molar-refractivity contribution in [2.45, 2.75) is 38.5 Å². The summed E-state index contributed by atoms with van der Waals surface area (Å²) in [5, 5.41) is 0. The second-order valence-electron chi connectivity index (χ2n) is 7.50. The smallest absolute Gasteiger partial charge is 0.0356 e. The van der Waals surface area contributed by atoms with Crippen molar-refractivity contribution in [3.05, 3.63) is 94.3 Å². The highest BCUT2D eigenvalue weighted by Crippen LogP contribution is 2.37. The lowest BCUT2D eigenvalue weighted by Crippen LogP contribution is -2.08. The van der Waals surface area contributed by atoms with Crippen molar-refractivity contribution in [3.8, 4) is 0 Å². The quantitative estimate of drug-likeness (QED) is 0.757. The first-order valence-electron chi connectivity index (χ1n) is 10.0. The van der Waals surface area contributed by atoms with Gasteiger partial charge in [0.15, 0.2) is 0 Å². The molecule has 0 unspecified atom stereocenters. The third kappa shape index (κ3) is 3.77. The van der Waals surface area contributed by atoms with Crippen LogP contribution in [0.15, 0.2) is 83.1 Å². The Bertz CT molecular complexity index is 919. The van der Waals surface area contributed by atoms with Crippen LogP contribution in [0.5, 0.6) is 0 Å². The summed E-state index contributed by atoms with van der Waals surface area (Å²) in [6.45, 7) is 0.468. The normalized spacial score (nSPS) is 20.0. The highest BCUT2D eigenvalue weighted by Gasteiger charge is 2.17. The predicted octanol–water partition coefficient (Wildman–Crippen LogP) is 5.42. The minimum atomic E-state index is 0.468. The zero-order valence-corrected chi connectivity index (χ0v) is 15.9. The van der Waals surface area contributed by atoms with Crippen LogP contribution >= 0.6 is 0 Å². The van der Waals surface area contributed by atoms with Crippen LogP contribution in [0.4, 0.5) is 0 Å². The maximum Gasteiger partial charge on any atom is 0.0356 e. The van der Waals surface area contributed by atoms with Crippen LogP contribution < -0.4 is 11.5 Å². The molecule has 138 valence electrons. The fourth-order valence-electron chi connectivity index (χ4n) is 4.24. The van der Waals surface area contributed by atoms with Crippen molar-refractivity contribution in [1.82, 2.24) is 0 Å². The average molecular weight is 357 g/mol. The van der Waals surface area contributed by atoms with E-state index in [0.717, 1.165) is 30.5 Å². The van der Waals surface area contributed by atoms with Crippen LogP contribution in [0.25, 0.3) is 11.1 Å². The van der Waals surface area contributed by atoms with Crippen LogP contribution in [-0.2, 0) is 0 Å². The monoisotopic (exact) mass is 356 g/mol. The summed E-state index contributed by atoms with van der Waals surface area (Å²) in [5.41, 5.74) is 22.2. The van der Waals surface area contributed by atoms with E-state index in [-0.39, 0.29) is 0 Å². The first-order valence-corrected chi connectivity index (χ1v) is 10.0. The molecule has 27 heavy (non-hydrogen) atoms. The Labute approximate surface area is 162 Å². The number of hydrogen-bond acceptors (Lipinski definition) is 2. The van der Waals surface area contributed by atoms with Crippen LogP contribution in [0, 0.1) is 0 Å². The molecule has 4 rings (SSSR count). The third-order valence-electron chi connectivity index (χ3n) is 5.71. The zero-order valence-electron chi connectivity index (χ0n) is 15.9. The maximum absolute atomic E-state index is 6.14. The molecule has 0 fully saturated rings. The number of nitrogens with two attached hydrogens (primary N) is 2. The topological polar surface area (TPSA) is 52.0 Å². The summed E-state index contributed by atoms with van der Waals surface area (Å²) >= 11 is 0. The van der Waals surface area contributed by atoms with Gasteiger partial charge in [-0.05, 0) is 89.7 Å². The van der Waals surface area contributed by atoms with Gasteiger partial charge in [-0.2, -0.15) is 0 Å². The lowest BCUT2D eigenvalue weighted by molar-refractivity contribution is 0.935. The minimum absolute atomic E-state index is 0.468. The van der Waals surface area contributed by atoms with Crippen molar-refractivity contribution in [2.24, 2.45) is 11.5 Å². The van der Waals surface area contributed by atoms with Crippen molar-refractivity contribution in [1.29, 1.82) is 0 Å². The lowest BCUT2D eigenvalue weighted by atomic mass is 9.85. The molecule has 0 heterocycles. The Morgan fingerprint density at radius 1 is 0.926 bits per heavy atom. The Morgan fingerprint density at radius 3 is 2.63 bits per heavy atom. The molecule has 3 aliphatic carbocycles. The van der Waals surface area contributed by atoms with Crippen molar-refractivity contribution < 1.29 is 0 Å². The molecule has 0 saturated heterocycles. The molecular formula is C25H28N2. The molecule has 0 aromatic heterocycles. The molecule has 0 spiro atoms. The lowest BCUT2D eigenvalue weighted by Gasteiger charge is -2.19. The molecule has 0 amide bonds. The Balaban J connectivity index is 1.78. The first kappa shape index (κ1) is 17.8. The van der Waals surface area contributed by atoms with Gasteiger partial charge in [-0.25, -0.2) is 0 Å². The van der Waals surface area contributed by atoms with Crippen LogP contribution in [-0.4, -0.2) is 6.54 Å². The fraction of sp³-hybridized carbons (Fsp3) is 0.280. The molecule has 2 nitrogen and oxygen atoms in total. The van der Waals surface area contributed by atoms with Crippen LogP contribution in [0.2, 0.25) is 0 Å². The largest absolute Gasteiger partial charge is 0.398 e. The summed E-state index contributed by atoms with van der Waals surface area (Å²) in [6.07, 6.45) is 20.1. The fourth-order valence-corrected chi connectivity index (χ4v) is 4.24. The molecule has 0 atom stereocenters. The molecule has 2 heteroatoms. The second-order valence-corrected chi connectivity index (χ2v) is 7.50. The maximum atomic E-state index is 6.14. The van der Waals surface area contributed by atoms with E-state index < -0.39 is 0 Å². The third-order valence-corrected chi connectivity index (χ3v) is 5.71. The van der Waals surface area contributed by atoms with Gasteiger partial charge in [-0.15, -0.1) is 0 Å². The number of benzene rings is 1. The van der Waals surface area contributed by atoms with Gasteiger partial charge in [0.2, 0.25) is 0 Å². The van der Waals surface area contributed by atoms with E-state index in [2.05, 4.69) is 54.6 Å². The van der Waals surface area contributed by atoms with Crippen molar-refractivity contribution in [2.75, 3.05) is 6.54 Å². The Hall–Kier alpha value is -2.58. The van der Waals surface area contributed by atoms with E-state index in [4.69, 9.17) is 11.5 Å². The SMILES string of the molecule is NCC1=C(N)C=CCC(C2=C(c3cccc(C4=CCCC4)c3)CCC=C2)=C1. The summed E-state index contributed by atoms with van der Waals surface area (Å²) in [6, 6.07) is 9.10. The summed E-state index contributed by atoms with van der Waals surface area (Å²) in [7, 11) is 0. The molecule has 0 radical (unpaired) electrons. The van der Waals surface area contributed by atoms with Gasteiger partial charge < -0.3 is 11.5 Å². The number of allylic oxidation sites excluding steroid dienone is 9. The van der Waals surface area contributed by atoms with Gasteiger partial charge in [0.25, 0.3) is 0 Å². The van der Waals surface area contributed by atoms with E-state index in [1.54, 1.807) is 0 Å². The van der Waals surface area contributed by atoms with E-state index in [0.29, 0.717) is 6.54 Å². The first-order chi connectivity index (χ1) is 13.3. The van der Waals surface area contributed by atoms with E-state index in [1.807, 2.05) is 6.08 Å². The van der Waals surface area contributed by atoms with Crippen molar-refractivity contribution >= 4 is 11.1 Å². The standard InChI is InChI=1S/C25H28N2/c26-17-22-16-21(11-6-14-25(22)27)24-13-4-3-12-23(24)20-10-5-9-19(15-20)18-7-1-2-8-18/h4-7,9-10,13-16H,1-3,8,11-12,17,26-27H2. The summed E-state index contributed by atoms with van der Waals surface area (Å²) in [5.74, 6) is 0. The predicted molar refractivity (Wildman–Crippen MR) is 116 cm³/mol. The molecule has 4 N–H and O–H groups in total. The molecule has 0 saturated carbocycles. The molecule has 0 bridgehead atoms. The minimum Gasteiger partial charge on any atom is -0.398 e. The summed E-state index contributed by atoms with van der Waals surface area (Å²) < 4.78 is 0. The highest BCUT2D eigenvalue weighted by molar-refractivity contribution is 5.79. The van der Waals surface area contributed by atoms with Gasteiger partial charge in [0.1, 0.15) is 0 Å². The van der Waals surface area contributed by atoms with Crippen molar-refractivity contribution in [3.63, 3.8) is 0 Å². The summed E-state index contributed by atoms with van der Waals surface area (Å²) in [4.78, 5) is 0. The Kier molecular flexibility index (Phi) is 5.26. The average Bonchev–Trinajstić information content (AvgIpc) is 3.19. The second kappa shape index (κ2) is 7.98. The van der Waals surface area contributed by atoms with E-state index in [1.165, 1.54) is 52.7 Å². The molecule has 0 aliphatic heterocycles. The van der Waals surface area contributed by atoms with Crippen LogP contribution in [0.3, 0.4) is 0 Å². The molecule has 1 aromatic rings. The van der Waals surface area contributed by atoms with Gasteiger partial charge in [-0.3, -0.25) is 0 Å². The molecular weight excluding hydrogens is 328 g/mol. The Morgan fingerprint density at radius 2 is 1.81 bits per heavy atom.